The van der Waals surface area contributed by atoms with Crippen molar-refractivity contribution in [3.8, 4) is 5.75 Å². The SMILES string of the molecule is O=C(O)COc1ccncc1Cl. The number of carboxylic acids is 1. The molecule has 0 aliphatic heterocycles. The summed E-state index contributed by atoms with van der Waals surface area (Å²) in [5.74, 6) is -0.711. The van der Waals surface area contributed by atoms with Gasteiger partial charge in [-0.2, -0.15) is 0 Å². The van der Waals surface area contributed by atoms with E-state index in [1.807, 2.05) is 0 Å². The fourth-order valence-electron chi connectivity index (χ4n) is 0.619. The standard InChI is InChI=1S/C7H6ClNO3/c8-5-3-9-2-1-6(5)12-4-7(10)11/h1-3H,4H2,(H,10,11). The maximum absolute atomic E-state index is 10.1. The van der Waals surface area contributed by atoms with E-state index in [0.717, 1.165) is 0 Å². The van der Waals surface area contributed by atoms with Crippen LogP contribution in [0.5, 0.6) is 5.75 Å². The van der Waals surface area contributed by atoms with E-state index >= 15 is 0 Å². The Morgan fingerprint density at radius 3 is 3.08 bits per heavy atom. The van der Waals surface area contributed by atoms with Gasteiger partial charge in [0.1, 0.15) is 10.8 Å². The predicted octanol–water partition coefficient (Wildman–Crippen LogP) is 1.20. The molecule has 0 fully saturated rings. The number of ether oxygens (including phenoxy) is 1. The van der Waals surface area contributed by atoms with E-state index < -0.39 is 12.6 Å². The minimum Gasteiger partial charge on any atom is -0.480 e. The molecule has 5 heteroatoms. The highest BCUT2D eigenvalue weighted by Crippen LogP contribution is 2.21. The van der Waals surface area contributed by atoms with Crippen LogP contribution in [0.3, 0.4) is 0 Å². The molecule has 1 aromatic rings. The van der Waals surface area contributed by atoms with Crippen molar-refractivity contribution in [2.45, 2.75) is 0 Å². The summed E-state index contributed by atoms with van der Waals surface area (Å²) in [7, 11) is 0. The summed E-state index contributed by atoms with van der Waals surface area (Å²) in [4.78, 5) is 13.8. The number of carbonyl (C=O) groups is 1. The van der Waals surface area contributed by atoms with Gasteiger partial charge >= 0.3 is 5.97 Å². The number of hydrogen-bond acceptors (Lipinski definition) is 3. The van der Waals surface area contributed by atoms with Gasteiger partial charge in [-0.1, -0.05) is 11.6 Å². The van der Waals surface area contributed by atoms with Gasteiger partial charge in [0.05, 0.1) is 0 Å². The third-order valence-corrected chi connectivity index (χ3v) is 1.37. The zero-order valence-corrected chi connectivity index (χ0v) is 6.78. The predicted molar refractivity (Wildman–Crippen MR) is 42.4 cm³/mol. The quantitative estimate of drug-likeness (QED) is 0.773. The smallest absolute Gasteiger partial charge is 0.341 e. The summed E-state index contributed by atoms with van der Waals surface area (Å²) in [5, 5.41) is 8.59. The summed E-state index contributed by atoms with van der Waals surface area (Å²) in [5.41, 5.74) is 0. The molecular formula is C7H6ClNO3. The van der Waals surface area contributed by atoms with E-state index in [2.05, 4.69) is 4.98 Å². The second-order valence-electron chi connectivity index (χ2n) is 1.99. The van der Waals surface area contributed by atoms with Gasteiger partial charge in [0.15, 0.2) is 6.61 Å². The maximum Gasteiger partial charge on any atom is 0.341 e. The monoisotopic (exact) mass is 187 g/mol. The van der Waals surface area contributed by atoms with E-state index in [1.54, 1.807) is 0 Å². The van der Waals surface area contributed by atoms with Crippen LogP contribution in [0.4, 0.5) is 0 Å². The van der Waals surface area contributed by atoms with Crippen molar-refractivity contribution in [1.82, 2.24) is 4.98 Å². The van der Waals surface area contributed by atoms with E-state index in [1.165, 1.54) is 18.5 Å². The number of pyridine rings is 1. The molecule has 0 bridgehead atoms. The lowest BCUT2D eigenvalue weighted by atomic mass is 10.4. The molecule has 0 radical (unpaired) electrons. The highest BCUT2D eigenvalue weighted by molar-refractivity contribution is 6.31. The molecule has 0 spiro atoms. The van der Waals surface area contributed by atoms with Crippen LogP contribution in [0, 0.1) is 0 Å². The molecule has 4 nitrogen and oxygen atoms in total. The number of halogens is 1. The second-order valence-corrected chi connectivity index (χ2v) is 2.40. The van der Waals surface area contributed by atoms with Crippen LogP contribution in [0.25, 0.3) is 0 Å². The maximum atomic E-state index is 10.1. The van der Waals surface area contributed by atoms with Crippen LogP contribution in [0.2, 0.25) is 5.02 Å². The molecule has 0 aliphatic rings. The fraction of sp³-hybridized carbons (Fsp3) is 0.143. The van der Waals surface area contributed by atoms with Crippen molar-refractivity contribution >= 4 is 17.6 Å². The van der Waals surface area contributed by atoms with Crippen LogP contribution < -0.4 is 4.74 Å². The third kappa shape index (κ3) is 2.39. The molecule has 0 atom stereocenters. The highest BCUT2D eigenvalue weighted by Gasteiger charge is 2.02. The lowest BCUT2D eigenvalue weighted by Gasteiger charge is -2.02. The second kappa shape index (κ2) is 3.92. The van der Waals surface area contributed by atoms with Crippen LogP contribution in [0.1, 0.15) is 0 Å². The van der Waals surface area contributed by atoms with Gasteiger partial charge in [-0.3, -0.25) is 4.98 Å². The first-order valence-corrected chi connectivity index (χ1v) is 3.52. The van der Waals surface area contributed by atoms with Crippen LogP contribution in [-0.2, 0) is 4.79 Å². The molecule has 0 unspecified atom stereocenters. The lowest BCUT2D eigenvalue weighted by molar-refractivity contribution is -0.139. The van der Waals surface area contributed by atoms with Crippen molar-refractivity contribution in [2.75, 3.05) is 6.61 Å². The summed E-state index contributed by atoms with van der Waals surface area (Å²) < 4.78 is 4.83. The molecule has 1 aromatic heterocycles. The minimum absolute atomic E-state index is 0.304. The number of hydrogen-bond donors (Lipinski definition) is 1. The zero-order chi connectivity index (χ0) is 8.97. The van der Waals surface area contributed by atoms with E-state index in [9.17, 15) is 4.79 Å². The van der Waals surface area contributed by atoms with Crippen molar-refractivity contribution < 1.29 is 14.6 Å². The first-order valence-electron chi connectivity index (χ1n) is 3.14. The average molecular weight is 188 g/mol. The number of nitrogens with zero attached hydrogens (tertiary/aromatic N) is 1. The average Bonchev–Trinajstić information content (AvgIpc) is 2.03. The molecule has 1 N–H and O–H groups in total. The van der Waals surface area contributed by atoms with Gasteiger partial charge in [-0.05, 0) is 0 Å². The Kier molecular flexibility index (Phi) is 2.88. The van der Waals surface area contributed by atoms with E-state index in [4.69, 9.17) is 21.4 Å². The molecule has 1 rings (SSSR count). The van der Waals surface area contributed by atoms with E-state index in [0.29, 0.717) is 10.8 Å². The molecule has 0 aromatic carbocycles. The summed E-state index contributed by atoms with van der Waals surface area (Å²) in [6, 6.07) is 1.51. The summed E-state index contributed by atoms with van der Waals surface area (Å²) in [6.07, 6.45) is 2.86. The molecular weight excluding hydrogens is 182 g/mol. The molecule has 12 heavy (non-hydrogen) atoms. The van der Waals surface area contributed by atoms with Gasteiger partial charge in [-0.25, -0.2) is 4.79 Å². The van der Waals surface area contributed by atoms with Crippen LogP contribution in [0.15, 0.2) is 18.5 Å². The number of aromatic nitrogens is 1. The summed E-state index contributed by atoms with van der Waals surface area (Å²) in [6.45, 7) is -0.399. The van der Waals surface area contributed by atoms with Crippen molar-refractivity contribution in [3.05, 3.63) is 23.5 Å². The Labute approximate surface area is 73.8 Å². The Bertz CT molecular complexity index is 290. The molecule has 0 saturated heterocycles. The Morgan fingerprint density at radius 1 is 1.75 bits per heavy atom. The minimum atomic E-state index is -1.04. The van der Waals surface area contributed by atoms with Crippen LogP contribution >= 0.6 is 11.6 Å². The number of carboxylic acid groups (broad SMARTS) is 1. The third-order valence-electron chi connectivity index (χ3n) is 1.09. The van der Waals surface area contributed by atoms with Crippen LogP contribution in [-0.4, -0.2) is 22.7 Å². The zero-order valence-electron chi connectivity index (χ0n) is 6.03. The molecule has 1 heterocycles. The van der Waals surface area contributed by atoms with Crippen molar-refractivity contribution in [3.63, 3.8) is 0 Å². The topological polar surface area (TPSA) is 59.4 Å². The Balaban J connectivity index is 2.63. The molecule has 0 amide bonds. The van der Waals surface area contributed by atoms with Crippen molar-refractivity contribution in [1.29, 1.82) is 0 Å². The first-order chi connectivity index (χ1) is 5.70. The largest absolute Gasteiger partial charge is 0.480 e. The van der Waals surface area contributed by atoms with Gasteiger partial charge in [0.25, 0.3) is 0 Å². The molecule has 0 aliphatic carbocycles. The van der Waals surface area contributed by atoms with Gasteiger partial charge in [0, 0.05) is 18.5 Å². The Morgan fingerprint density at radius 2 is 2.50 bits per heavy atom. The van der Waals surface area contributed by atoms with Crippen molar-refractivity contribution in [2.24, 2.45) is 0 Å². The highest BCUT2D eigenvalue weighted by atomic mass is 35.5. The van der Waals surface area contributed by atoms with Gasteiger partial charge in [-0.15, -0.1) is 0 Å². The molecule has 64 valence electrons. The first kappa shape index (κ1) is 8.80. The number of aliphatic carboxylic acids is 1. The molecule has 0 saturated carbocycles. The van der Waals surface area contributed by atoms with Gasteiger partial charge in [0.2, 0.25) is 0 Å². The Hall–Kier alpha value is -1.29. The van der Waals surface area contributed by atoms with Gasteiger partial charge < -0.3 is 9.84 Å². The van der Waals surface area contributed by atoms with E-state index in [-0.39, 0.29) is 0 Å². The lowest BCUT2D eigenvalue weighted by Crippen LogP contribution is -2.09. The summed E-state index contributed by atoms with van der Waals surface area (Å²) >= 11 is 5.63. The normalized spacial score (nSPS) is 9.42. The fourth-order valence-corrected chi connectivity index (χ4v) is 0.793. The number of rotatable bonds is 3.